The molecule has 1 rings (SSSR count). The SMILES string of the molecule is COCC(C)CNCCOc1ccccc1C(=O)O. The highest BCUT2D eigenvalue weighted by atomic mass is 16.5. The van der Waals surface area contributed by atoms with Gasteiger partial charge in [-0.15, -0.1) is 0 Å². The molecule has 0 aliphatic carbocycles. The quantitative estimate of drug-likeness (QED) is 0.666. The summed E-state index contributed by atoms with van der Waals surface area (Å²) >= 11 is 0. The highest BCUT2D eigenvalue weighted by molar-refractivity contribution is 5.90. The maximum absolute atomic E-state index is 11.0. The van der Waals surface area contributed by atoms with Crippen LogP contribution in [0.3, 0.4) is 0 Å². The summed E-state index contributed by atoms with van der Waals surface area (Å²) in [6.07, 6.45) is 0. The van der Waals surface area contributed by atoms with E-state index in [-0.39, 0.29) is 5.56 Å². The zero-order chi connectivity index (χ0) is 14.1. The number of carbonyl (C=O) groups is 1. The van der Waals surface area contributed by atoms with Crippen LogP contribution in [-0.4, -0.2) is 44.5 Å². The first-order valence-corrected chi connectivity index (χ1v) is 6.30. The minimum Gasteiger partial charge on any atom is -0.491 e. The molecule has 0 saturated heterocycles. The Hall–Kier alpha value is -1.59. The lowest BCUT2D eigenvalue weighted by atomic mass is 10.2. The molecule has 1 atom stereocenters. The molecule has 0 aliphatic rings. The van der Waals surface area contributed by atoms with Crippen LogP contribution in [0.4, 0.5) is 0 Å². The lowest BCUT2D eigenvalue weighted by Crippen LogP contribution is -2.28. The van der Waals surface area contributed by atoms with Gasteiger partial charge in [0.2, 0.25) is 0 Å². The molecule has 1 unspecified atom stereocenters. The van der Waals surface area contributed by atoms with Crippen LogP contribution < -0.4 is 10.1 Å². The van der Waals surface area contributed by atoms with Gasteiger partial charge in [0.15, 0.2) is 0 Å². The molecule has 0 fully saturated rings. The molecule has 0 radical (unpaired) electrons. The fraction of sp³-hybridized carbons (Fsp3) is 0.500. The number of rotatable bonds is 9. The number of aromatic carboxylic acids is 1. The maximum Gasteiger partial charge on any atom is 0.339 e. The Morgan fingerprint density at radius 3 is 2.84 bits per heavy atom. The van der Waals surface area contributed by atoms with Crippen molar-refractivity contribution in [1.29, 1.82) is 0 Å². The van der Waals surface area contributed by atoms with Gasteiger partial charge in [0.1, 0.15) is 17.9 Å². The Balaban J connectivity index is 2.28. The molecule has 106 valence electrons. The lowest BCUT2D eigenvalue weighted by molar-refractivity contribution is 0.0692. The van der Waals surface area contributed by atoms with Crippen molar-refractivity contribution in [3.05, 3.63) is 29.8 Å². The Kier molecular flexibility index (Phi) is 6.92. The van der Waals surface area contributed by atoms with Gasteiger partial charge in [-0.3, -0.25) is 0 Å². The minimum absolute atomic E-state index is 0.190. The third-order valence-corrected chi connectivity index (χ3v) is 2.60. The third kappa shape index (κ3) is 5.72. The Morgan fingerprint density at radius 1 is 1.42 bits per heavy atom. The van der Waals surface area contributed by atoms with Crippen LogP contribution in [0, 0.1) is 5.92 Å². The number of para-hydroxylation sites is 1. The maximum atomic E-state index is 11.0. The zero-order valence-electron chi connectivity index (χ0n) is 11.4. The fourth-order valence-electron chi connectivity index (χ4n) is 1.69. The standard InChI is InChI=1S/C14H21NO4/c1-11(10-18-2)9-15-7-8-19-13-6-4-3-5-12(13)14(16)17/h3-6,11,15H,7-10H2,1-2H3,(H,16,17). The number of hydrogen-bond donors (Lipinski definition) is 2. The molecule has 19 heavy (non-hydrogen) atoms. The van der Waals surface area contributed by atoms with Crippen LogP contribution in [0.1, 0.15) is 17.3 Å². The van der Waals surface area contributed by atoms with Crippen molar-refractivity contribution < 1.29 is 19.4 Å². The summed E-state index contributed by atoms with van der Waals surface area (Å²) in [5, 5.41) is 12.2. The van der Waals surface area contributed by atoms with E-state index < -0.39 is 5.97 Å². The Bertz CT molecular complexity index is 395. The second-order valence-electron chi connectivity index (χ2n) is 4.41. The average Bonchev–Trinajstić information content (AvgIpc) is 2.39. The normalized spacial score (nSPS) is 12.1. The van der Waals surface area contributed by atoms with Crippen molar-refractivity contribution in [1.82, 2.24) is 5.32 Å². The molecule has 5 heteroatoms. The summed E-state index contributed by atoms with van der Waals surface area (Å²) in [5.74, 6) is -0.129. The fourth-order valence-corrected chi connectivity index (χ4v) is 1.69. The lowest BCUT2D eigenvalue weighted by Gasteiger charge is -2.12. The van der Waals surface area contributed by atoms with Gasteiger partial charge in [0.25, 0.3) is 0 Å². The summed E-state index contributed by atoms with van der Waals surface area (Å²) in [4.78, 5) is 11.0. The number of ether oxygens (including phenoxy) is 2. The summed E-state index contributed by atoms with van der Waals surface area (Å²) in [5.41, 5.74) is 0.190. The van der Waals surface area contributed by atoms with E-state index in [1.54, 1.807) is 25.3 Å². The second kappa shape index (κ2) is 8.50. The van der Waals surface area contributed by atoms with Gasteiger partial charge in [-0.25, -0.2) is 4.79 Å². The third-order valence-electron chi connectivity index (χ3n) is 2.60. The topological polar surface area (TPSA) is 67.8 Å². The van der Waals surface area contributed by atoms with Gasteiger partial charge in [0, 0.05) is 26.8 Å². The molecular weight excluding hydrogens is 246 g/mol. The first-order chi connectivity index (χ1) is 9.15. The highest BCUT2D eigenvalue weighted by Gasteiger charge is 2.09. The van der Waals surface area contributed by atoms with Crippen LogP contribution in [0.25, 0.3) is 0 Å². The van der Waals surface area contributed by atoms with Crippen molar-refractivity contribution in [2.24, 2.45) is 5.92 Å². The predicted molar refractivity (Wildman–Crippen MR) is 72.8 cm³/mol. The number of carboxylic acids is 1. The number of nitrogens with one attached hydrogen (secondary N) is 1. The number of carboxylic acid groups (broad SMARTS) is 1. The molecule has 0 aliphatic heterocycles. The highest BCUT2D eigenvalue weighted by Crippen LogP contribution is 2.17. The number of methoxy groups -OCH3 is 1. The van der Waals surface area contributed by atoms with Crippen LogP contribution in [0.5, 0.6) is 5.75 Å². The Morgan fingerprint density at radius 2 is 2.16 bits per heavy atom. The van der Waals surface area contributed by atoms with E-state index in [4.69, 9.17) is 14.6 Å². The van der Waals surface area contributed by atoms with Crippen LogP contribution >= 0.6 is 0 Å². The number of benzene rings is 1. The van der Waals surface area contributed by atoms with E-state index in [0.29, 0.717) is 24.8 Å². The van der Waals surface area contributed by atoms with Gasteiger partial charge in [0.05, 0.1) is 0 Å². The van der Waals surface area contributed by atoms with E-state index in [0.717, 1.165) is 13.2 Å². The predicted octanol–water partition coefficient (Wildman–Crippen LogP) is 1.64. The first-order valence-electron chi connectivity index (χ1n) is 6.30. The van der Waals surface area contributed by atoms with Gasteiger partial charge in [-0.1, -0.05) is 19.1 Å². The van der Waals surface area contributed by atoms with Crippen molar-refractivity contribution in [3.63, 3.8) is 0 Å². The largest absolute Gasteiger partial charge is 0.491 e. The van der Waals surface area contributed by atoms with Crippen LogP contribution in [0.15, 0.2) is 24.3 Å². The van der Waals surface area contributed by atoms with Gasteiger partial charge >= 0.3 is 5.97 Å². The molecule has 0 spiro atoms. The molecule has 2 N–H and O–H groups in total. The summed E-state index contributed by atoms with van der Waals surface area (Å²) in [6.45, 7) is 4.76. The van der Waals surface area contributed by atoms with Crippen molar-refractivity contribution >= 4 is 5.97 Å². The second-order valence-corrected chi connectivity index (χ2v) is 4.41. The van der Waals surface area contributed by atoms with E-state index >= 15 is 0 Å². The number of hydrogen-bond acceptors (Lipinski definition) is 4. The molecule has 0 saturated carbocycles. The zero-order valence-corrected chi connectivity index (χ0v) is 11.4. The average molecular weight is 267 g/mol. The molecule has 0 aromatic heterocycles. The summed E-state index contributed by atoms with van der Waals surface area (Å²) in [7, 11) is 1.68. The minimum atomic E-state index is -0.975. The van der Waals surface area contributed by atoms with Crippen molar-refractivity contribution in [2.45, 2.75) is 6.92 Å². The smallest absolute Gasteiger partial charge is 0.339 e. The molecule has 0 heterocycles. The van der Waals surface area contributed by atoms with E-state index in [1.165, 1.54) is 6.07 Å². The monoisotopic (exact) mass is 267 g/mol. The molecular formula is C14H21NO4. The summed E-state index contributed by atoms with van der Waals surface area (Å²) in [6, 6.07) is 6.64. The van der Waals surface area contributed by atoms with E-state index in [2.05, 4.69) is 12.2 Å². The molecule has 1 aromatic rings. The molecule has 1 aromatic carbocycles. The molecule has 5 nitrogen and oxygen atoms in total. The van der Waals surface area contributed by atoms with E-state index in [9.17, 15) is 4.79 Å². The van der Waals surface area contributed by atoms with Crippen LogP contribution in [0.2, 0.25) is 0 Å². The van der Waals surface area contributed by atoms with E-state index in [1.807, 2.05) is 0 Å². The Labute approximate surface area is 113 Å². The van der Waals surface area contributed by atoms with Gasteiger partial charge in [-0.2, -0.15) is 0 Å². The van der Waals surface area contributed by atoms with Crippen LogP contribution in [-0.2, 0) is 4.74 Å². The summed E-state index contributed by atoms with van der Waals surface area (Å²) < 4.78 is 10.5. The molecule has 0 bridgehead atoms. The van der Waals surface area contributed by atoms with Gasteiger partial charge < -0.3 is 19.9 Å². The first kappa shape index (κ1) is 15.5. The van der Waals surface area contributed by atoms with Gasteiger partial charge in [-0.05, 0) is 18.1 Å². The van der Waals surface area contributed by atoms with Crippen molar-refractivity contribution in [2.75, 3.05) is 33.4 Å². The van der Waals surface area contributed by atoms with Crippen molar-refractivity contribution in [3.8, 4) is 5.75 Å². The molecule has 0 amide bonds.